The summed E-state index contributed by atoms with van der Waals surface area (Å²) in [6.45, 7) is 0.614. The van der Waals surface area contributed by atoms with Gasteiger partial charge < -0.3 is 0 Å². The van der Waals surface area contributed by atoms with Gasteiger partial charge >= 0.3 is 0 Å². The Kier molecular flexibility index (Phi) is 3.04. The van der Waals surface area contributed by atoms with Crippen LogP contribution < -0.4 is 0 Å². The zero-order valence-electron chi connectivity index (χ0n) is 8.46. The molecule has 1 aromatic carbocycles. The number of hydrogen-bond acceptors (Lipinski definition) is 3. The number of nitrogens with zero attached hydrogens (tertiary/aromatic N) is 1. The van der Waals surface area contributed by atoms with E-state index in [0.717, 1.165) is 11.3 Å². The SMILES string of the molecule is CS(=O)(=O)N1CCS[C@H]1c1ccccc1. The molecular weight excluding hydrogens is 230 g/mol. The minimum atomic E-state index is -3.09. The molecule has 0 aliphatic carbocycles. The third kappa shape index (κ3) is 2.35. The molecule has 1 aliphatic rings. The lowest BCUT2D eigenvalue weighted by molar-refractivity contribution is 0.439. The monoisotopic (exact) mass is 243 g/mol. The predicted octanol–water partition coefficient (Wildman–Crippen LogP) is 1.69. The molecule has 1 fully saturated rings. The molecule has 0 amide bonds. The smallest absolute Gasteiger partial charge is 0.212 e. The van der Waals surface area contributed by atoms with Crippen LogP contribution in [0.25, 0.3) is 0 Å². The summed E-state index contributed by atoms with van der Waals surface area (Å²) in [4.78, 5) is 0. The predicted molar refractivity (Wildman–Crippen MR) is 63.2 cm³/mol. The van der Waals surface area contributed by atoms with Gasteiger partial charge in [-0.3, -0.25) is 0 Å². The molecule has 1 aliphatic heterocycles. The van der Waals surface area contributed by atoms with E-state index in [2.05, 4.69) is 0 Å². The average molecular weight is 243 g/mol. The minimum Gasteiger partial charge on any atom is -0.212 e. The second kappa shape index (κ2) is 4.15. The van der Waals surface area contributed by atoms with Crippen molar-refractivity contribution >= 4 is 21.8 Å². The summed E-state index contributed by atoms with van der Waals surface area (Å²) >= 11 is 1.68. The molecular formula is C10H13NO2S2. The molecule has 0 radical (unpaired) electrons. The Balaban J connectivity index is 2.30. The Hall–Kier alpha value is -0.520. The molecule has 0 unspecified atom stereocenters. The standard InChI is InChI=1S/C10H13NO2S2/c1-15(12,13)11-7-8-14-10(11)9-5-3-2-4-6-9/h2-6,10H,7-8H2,1H3/t10-/m0/s1. The van der Waals surface area contributed by atoms with E-state index in [9.17, 15) is 8.42 Å². The van der Waals surface area contributed by atoms with E-state index in [1.807, 2.05) is 30.3 Å². The molecule has 0 aromatic heterocycles. The van der Waals surface area contributed by atoms with Crippen molar-refractivity contribution in [2.45, 2.75) is 5.37 Å². The van der Waals surface area contributed by atoms with Crippen LogP contribution in [0, 0.1) is 0 Å². The lowest BCUT2D eigenvalue weighted by Gasteiger charge is -2.21. The van der Waals surface area contributed by atoms with Gasteiger partial charge in [-0.05, 0) is 5.56 Å². The van der Waals surface area contributed by atoms with Crippen LogP contribution in [0.1, 0.15) is 10.9 Å². The molecule has 1 aromatic rings. The van der Waals surface area contributed by atoms with Gasteiger partial charge in [0.25, 0.3) is 0 Å². The van der Waals surface area contributed by atoms with Crippen molar-refractivity contribution in [3.63, 3.8) is 0 Å². The fraction of sp³-hybridized carbons (Fsp3) is 0.400. The van der Waals surface area contributed by atoms with Crippen LogP contribution in [0.3, 0.4) is 0 Å². The van der Waals surface area contributed by atoms with Gasteiger partial charge in [-0.1, -0.05) is 30.3 Å². The minimum absolute atomic E-state index is 0.0406. The van der Waals surface area contributed by atoms with Crippen LogP contribution in [0.4, 0.5) is 0 Å². The third-order valence-electron chi connectivity index (χ3n) is 2.36. The van der Waals surface area contributed by atoms with Crippen molar-refractivity contribution in [2.24, 2.45) is 0 Å². The number of sulfonamides is 1. The molecule has 0 saturated carbocycles. The van der Waals surface area contributed by atoms with E-state index in [1.165, 1.54) is 6.26 Å². The lowest BCUT2D eigenvalue weighted by Crippen LogP contribution is -2.29. The van der Waals surface area contributed by atoms with Crippen molar-refractivity contribution < 1.29 is 8.42 Å². The van der Waals surface area contributed by atoms with Gasteiger partial charge in [0.15, 0.2) is 0 Å². The summed E-state index contributed by atoms with van der Waals surface area (Å²) in [5, 5.41) is -0.0406. The Morgan fingerprint density at radius 1 is 1.33 bits per heavy atom. The second-order valence-corrected chi connectivity index (χ2v) is 6.63. The molecule has 82 valence electrons. The summed E-state index contributed by atoms with van der Waals surface area (Å²) in [5.74, 6) is 0.868. The van der Waals surface area contributed by atoms with Crippen molar-refractivity contribution in [2.75, 3.05) is 18.6 Å². The summed E-state index contributed by atoms with van der Waals surface area (Å²) in [6.07, 6.45) is 1.27. The van der Waals surface area contributed by atoms with Crippen molar-refractivity contribution in [3.8, 4) is 0 Å². The van der Waals surface area contributed by atoms with Gasteiger partial charge in [-0.25, -0.2) is 8.42 Å². The molecule has 1 heterocycles. The largest absolute Gasteiger partial charge is 0.212 e. The van der Waals surface area contributed by atoms with Crippen LogP contribution in [0.2, 0.25) is 0 Å². The lowest BCUT2D eigenvalue weighted by atomic mass is 10.2. The van der Waals surface area contributed by atoms with Crippen molar-refractivity contribution in [1.82, 2.24) is 4.31 Å². The van der Waals surface area contributed by atoms with Gasteiger partial charge in [0.1, 0.15) is 0 Å². The molecule has 3 nitrogen and oxygen atoms in total. The first-order valence-electron chi connectivity index (χ1n) is 4.72. The Bertz CT molecular complexity index is 430. The van der Waals surface area contributed by atoms with Gasteiger partial charge in [0.2, 0.25) is 10.0 Å². The second-order valence-electron chi connectivity index (χ2n) is 3.51. The third-order valence-corrected chi connectivity index (χ3v) is 5.00. The Morgan fingerprint density at radius 2 is 2.00 bits per heavy atom. The maximum atomic E-state index is 11.5. The van der Waals surface area contributed by atoms with E-state index in [1.54, 1.807) is 16.1 Å². The van der Waals surface area contributed by atoms with Crippen LogP contribution >= 0.6 is 11.8 Å². The molecule has 1 saturated heterocycles. The summed E-state index contributed by atoms with van der Waals surface area (Å²) in [6, 6.07) is 9.76. The first-order chi connectivity index (χ1) is 7.09. The van der Waals surface area contributed by atoms with E-state index in [-0.39, 0.29) is 5.37 Å². The van der Waals surface area contributed by atoms with Gasteiger partial charge in [0, 0.05) is 12.3 Å². The Labute approximate surface area is 94.5 Å². The molecule has 0 spiro atoms. The van der Waals surface area contributed by atoms with Crippen LogP contribution in [-0.4, -0.2) is 31.3 Å². The van der Waals surface area contributed by atoms with Crippen LogP contribution in [0.5, 0.6) is 0 Å². The summed E-state index contributed by atoms with van der Waals surface area (Å²) < 4.78 is 24.6. The maximum absolute atomic E-state index is 11.5. The Morgan fingerprint density at radius 3 is 2.60 bits per heavy atom. The van der Waals surface area contributed by atoms with Gasteiger partial charge in [-0.15, -0.1) is 11.8 Å². The quantitative estimate of drug-likeness (QED) is 0.793. The molecule has 5 heteroatoms. The fourth-order valence-corrected chi connectivity index (χ4v) is 4.48. The van der Waals surface area contributed by atoms with E-state index >= 15 is 0 Å². The normalized spacial score (nSPS) is 23.1. The first kappa shape index (κ1) is 11.0. The molecule has 1 atom stereocenters. The van der Waals surface area contributed by atoms with E-state index < -0.39 is 10.0 Å². The molecule has 2 rings (SSSR count). The van der Waals surface area contributed by atoms with Crippen molar-refractivity contribution in [3.05, 3.63) is 35.9 Å². The average Bonchev–Trinajstić information content (AvgIpc) is 2.67. The molecule has 15 heavy (non-hydrogen) atoms. The first-order valence-corrected chi connectivity index (χ1v) is 7.62. The fourth-order valence-electron chi connectivity index (χ4n) is 1.67. The highest BCUT2D eigenvalue weighted by atomic mass is 32.2. The van der Waals surface area contributed by atoms with Crippen LogP contribution in [-0.2, 0) is 10.0 Å². The van der Waals surface area contributed by atoms with Gasteiger partial charge in [-0.2, -0.15) is 4.31 Å². The summed E-state index contributed by atoms with van der Waals surface area (Å²) in [7, 11) is -3.09. The topological polar surface area (TPSA) is 37.4 Å². The number of benzene rings is 1. The highest BCUT2D eigenvalue weighted by Gasteiger charge is 2.32. The summed E-state index contributed by atoms with van der Waals surface area (Å²) in [5.41, 5.74) is 1.06. The zero-order chi connectivity index (χ0) is 10.9. The van der Waals surface area contributed by atoms with E-state index in [0.29, 0.717) is 6.54 Å². The van der Waals surface area contributed by atoms with Crippen LogP contribution in [0.15, 0.2) is 30.3 Å². The number of hydrogen-bond donors (Lipinski definition) is 0. The highest BCUT2D eigenvalue weighted by Crippen LogP contribution is 2.38. The maximum Gasteiger partial charge on any atom is 0.212 e. The van der Waals surface area contributed by atoms with E-state index in [4.69, 9.17) is 0 Å². The molecule has 0 bridgehead atoms. The highest BCUT2D eigenvalue weighted by molar-refractivity contribution is 8.00. The number of thioether (sulfide) groups is 1. The molecule has 0 N–H and O–H groups in total. The zero-order valence-corrected chi connectivity index (χ0v) is 10.1. The van der Waals surface area contributed by atoms with Gasteiger partial charge in [0.05, 0.1) is 11.6 Å². The van der Waals surface area contributed by atoms with Crippen molar-refractivity contribution in [1.29, 1.82) is 0 Å². The number of rotatable bonds is 2.